The van der Waals surface area contributed by atoms with Crippen molar-refractivity contribution in [2.45, 2.75) is 19.9 Å². The molecule has 1 N–H and O–H groups in total. The first-order valence-electron chi connectivity index (χ1n) is 6.67. The first-order chi connectivity index (χ1) is 9.54. The number of nitrogens with one attached hydrogen (secondary N) is 1. The number of likely N-dealkylation sites (N-methyl/N-ethyl adjacent to an activating group) is 1. The molecule has 5 nitrogen and oxygen atoms in total. The average molecular weight is 295 g/mol. The molecular weight excluding hydrogens is 274 g/mol. The van der Waals surface area contributed by atoms with Gasteiger partial charge in [-0.05, 0) is 18.7 Å². The molecular formula is C14H21N3O2S. The number of nitriles is 1. The van der Waals surface area contributed by atoms with Crippen molar-refractivity contribution in [1.82, 2.24) is 9.62 Å². The van der Waals surface area contributed by atoms with Gasteiger partial charge in [0.25, 0.3) is 0 Å². The Bertz CT molecular complexity index is 533. The standard InChI is InChI=1S/C14H21N3O2S/c1-3-17(4-2)14(13-8-6-5-7-9-13)12-16-20(18,19)11-10-15/h5-9,14,16H,3-4,11-12H2,1-2H3. The summed E-state index contributed by atoms with van der Waals surface area (Å²) in [7, 11) is -3.52. The Labute approximate surface area is 121 Å². The van der Waals surface area contributed by atoms with Crippen molar-refractivity contribution in [1.29, 1.82) is 5.26 Å². The molecule has 1 unspecified atom stereocenters. The predicted octanol–water partition coefficient (Wildman–Crippen LogP) is 1.51. The summed E-state index contributed by atoms with van der Waals surface area (Å²) in [4.78, 5) is 2.18. The normalized spacial score (nSPS) is 13.1. The molecule has 0 saturated carbocycles. The van der Waals surface area contributed by atoms with Gasteiger partial charge in [0.1, 0.15) is 0 Å². The second-order valence-electron chi connectivity index (χ2n) is 4.41. The fraction of sp³-hybridized carbons (Fsp3) is 0.500. The van der Waals surface area contributed by atoms with Crippen LogP contribution in [0, 0.1) is 11.3 Å². The van der Waals surface area contributed by atoms with Gasteiger partial charge in [-0.15, -0.1) is 0 Å². The van der Waals surface area contributed by atoms with Crippen molar-refractivity contribution in [2.24, 2.45) is 0 Å². The van der Waals surface area contributed by atoms with Crippen LogP contribution in [0.5, 0.6) is 0 Å². The van der Waals surface area contributed by atoms with Crippen molar-refractivity contribution in [2.75, 3.05) is 25.4 Å². The molecule has 1 atom stereocenters. The van der Waals surface area contributed by atoms with E-state index in [1.807, 2.05) is 44.2 Å². The van der Waals surface area contributed by atoms with Gasteiger partial charge in [-0.2, -0.15) is 5.26 Å². The van der Waals surface area contributed by atoms with Crippen molar-refractivity contribution < 1.29 is 8.42 Å². The summed E-state index contributed by atoms with van der Waals surface area (Å²) >= 11 is 0. The highest BCUT2D eigenvalue weighted by Gasteiger charge is 2.20. The van der Waals surface area contributed by atoms with Crippen LogP contribution in [0.15, 0.2) is 30.3 Å². The summed E-state index contributed by atoms with van der Waals surface area (Å²) in [5.41, 5.74) is 1.07. The molecule has 0 spiro atoms. The average Bonchev–Trinajstić information content (AvgIpc) is 2.44. The number of benzene rings is 1. The lowest BCUT2D eigenvalue weighted by atomic mass is 10.1. The third kappa shape index (κ3) is 4.93. The van der Waals surface area contributed by atoms with E-state index >= 15 is 0 Å². The molecule has 0 aliphatic rings. The van der Waals surface area contributed by atoms with Crippen LogP contribution in [-0.2, 0) is 10.0 Å². The highest BCUT2D eigenvalue weighted by Crippen LogP contribution is 2.19. The van der Waals surface area contributed by atoms with Crippen LogP contribution in [0.2, 0.25) is 0 Å². The molecule has 110 valence electrons. The Morgan fingerprint density at radius 2 is 1.85 bits per heavy atom. The molecule has 0 aromatic heterocycles. The van der Waals surface area contributed by atoms with E-state index < -0.39 is 15.8 Å². The van der Waals surface area contributed by atoms with Crippen LogP contribution in [0.3, 0.4) is 0 Å². The Morgan fingerprint density at radius 1 is 1.25 bits per heavy atom. The fourth-order valence-electron chi connectivity index (χ4n) is 2.14. The Morgan fingerprint density at radius 3 is 2.35 bits per heavy atom. The molecule has 0 aliphatic heterocycles. The van der Waals surface area contributed by atoms with Gasteiger partial charge in [0, 0.05) is 12.6 Å². The van der Waals surface area contributed by atoms with E-state index in [0.717, 1.165) is 18.7 Å². The third-order valence-corrected chi connectivity index (χ3v) is 4.30. The van der Waals surface area contributed by atoms with E-state index in [1.54, 1.807) is 6.07 Å². The zero-order valence-corrected chi connectivity index (χ0v) is 12.7. The predicted molar refractivity (Wildman–Crippen MR) is 79.5 cm³/mol. The molecule has 0 heterocycles. The monoisotopic (exact) mass is 295 g/mol. The van der Waals surface area contributed by atoms with Crippen LogP contribution in [-0.4, -0.2) is 38.7 Å². The third-order valence-electron chi connectivity index (χ3n) is 3.19. The van der Waals surface area contributed by atoms with E-state index in [-0.39, 0.29) is 12.6 Å². The lowest BCUT2D eigenvalue weighted by molar-refractivity contribution is 0.220. The summed E-state index contributed by atoms with van der Waals surface area (Å²) < 4.78 is 25.7. The summed E-state index contributed by atoms with van der Waals surface area (Å²) in [5.74, 6) is -0.507. The Hall–Kier alpha value is -1.42. The molecule has 0 fully saturated rings. The molecule has 1 rings (SSSR count). The minimum absolute atomic E-state index is 0.0281. The number of nitrogens with zero attached hydrogens (tertiary/aromatic N) is 2. The van der Waals surface area contributed by atoms with Gasteiger partial charge in [-0.25, -0.2) is 13.1 Å². The topological polar surface area (TPSA) is 73.2 Å². The minimum atomic E-state index is -3.52. The number of hydrogen-bond donors (Lipinski definition) is 1. The van der Waals surface area contributed by atoms with E-state index in [2.05, 4.69) is 9.62 Å². The van der Waals surface area contributed by atoms with Gasteiger partial charge in [-0.1, -0.05) is 44.2 Å². The molecule has 0 amide bonds. The summed E-state index contributed by atoms with van der Waals surface area (Å²) in [6.45, 7) is 6.02. The molecule has 0 saturated heterocycles. The maximum Gasteiger partial charge on any atom is 0.225 e. The fourth-order valence-corrected chi connectivity index (χ4v) is 2.82. The molecule has 1 aromatic rings. The van der Waals surface area contributed by atoms with Crippen molar-refractivity contribution >= 4 is 10.0 Å². The van der Waals surface area contributed by atoms with E-state index in [1.165, 1.54) is 0 Å². The van der Waals surface area contributed by atoms with Crippen molar-refractivity contribution in [3.8, 4) is 6.07 Å². The van der Waals surface area contributed by atoms with Gasteiger partial charge in [0.05, 0.1) is 6.07 Å². The zero-order valence-electron chi connectivity index (χ0n) is 11.9. The van der Waals surface area contributed by atoms with Crippen LogP contribution < -0.4 is 4.72 Å². The number of rotatable bonds is 8. The van der Waals surface area contributed by atoms with Crippen LogP contribution in [0.4, 0.5) is 0 Å². The minimum Gasteiger partial charge on any atom is -0.296 e. The molecule has 0 aliphatic carbocycles. The SMILES string of the molecule is CCN(CC)C(CNS(=O)(=O)CC#N)c1ccccc1. The molecule has 20 heavy (non-hydrogen) atoms. The highest BCUT2D eigenvalue weighted by atomic mass is 32.2. The summed E-state index contributed by atoms with van der Waals surface area (Å²) in [6.07, 6.45) is 0. The Kier molecular flexibility index (Phi) is 6.65. The molecule has 0 radical (unpaired) electrons. The lowest BCUT2D eigenvalue weighted by Gasteiger charge is -2.30. The second kappa shape index (κ2) is 8.00. The molecule has 6 heteroatoms. The van der Waals surface area contributed by atoms with Crippen LogP contribution in [0.25, 0.3) is 0 Å². The van der Waals surface area contributed by atoms with Gasteiger partial charge in [0.2, 0.25) is 10.0 Å². The summed E-state index contributed by atoms with van der Waals surface area (Å²) in [5, 5.41) is 8.51. The quantitative estimate of drug-likeness (QED) is 0.789. The lowest BCUT2D eigenvalue weighted by Crippen LogP contribution is -2.38. The van der Waals surface area contributed by atoms with Crippen LogP contribution in [0.1, 0.15) is 25.5 Å². The van der Waals surface area contributed by atoms with E-state index in [4.69, 9.17) is 5.26 Å². The highest BCUT2D eigenvalue weighted by molar-refractivity contribution is 7.89. The van der Waals surface area contributed by atoms with Gasteiger partial charge in [0.15, 0.2) is 5.75 Å². The second-order valence-corrected chi connectivity index (χ2v) is 6.22. The first-order valence-corrected chi connectivity index (χ1v) is 8.32. The van der Waals surface area contributed by atoms with Crippen molar-refractivity contribution in [3.63, 3.8) is 0 Å². The van der Waals surface area contributed by atoms with Crippen LogP contribution >= 0.6 is 0 Å². The summed E-state index contributed by atoms with van der Waals surface area (Å²) in [6, 6.07) is 11.4. The zero-order chi connectivity index (χ0) is 15.0. The first kappa shape index (κ1) is 16.6. The van der Waals surface area contributed by atoms with Gasteiger partial charge in [-0.3, -0.25) is 4.90 Å². The van der Waals surface area contributed by atoms with Gasteiger partial charge >= 0.3 is 0 Å². The van der Waals surface area contributed by atoms with E-state index in [9.17, 15) is 8.42 Å². The Balaban J connectivity index is 2.88. The van der Waals surface area contributed by atoms with Gasteiger partial charge < -0.3 is 0 Å². The molecule has 0 bridgehead atoms. The van der Waals surface area contributed by atoms with Crippen molar-refractivity contribution in [3.05, 3.63) is 35.9 Å². The molecule has 1 aromatic carbocycles. The maximum atomic E-state index is 11.6. The largest absolute Gasteiger partial charge is 0.296 e. The smallest absolute Gasteiger partial charge is 0.225 e. The number of hydrogen-bond acceptors (Lipinski definition) is 4. The maximum absolute atomic E-state index is 11.6. The van der Waals surface area contributed by atoms with E-state index in [0.29, 0.717) is 0 Å². The number of sulfonamides is 1.